The van der Waals surface area contributed by atoms with E-state index in [1.807, 2.05) is 35.1 Å². The van der Waals surface area contributed by atoms with Crippen molar-refractivity contribution >= 4 is 5.91 Å². The summed E-state index contributed by atoms with van der Waals surface area (Å²) in [7, 11) is 1.63. The fourth-order valence-corrected chi connectivity index (χ4v) is 2.78. The molecule has 0 saturated carbocycles. The number of benzene rings is 1. The van der Waals surface area contributed by atoms with Crippen molar-refractivity contribution in [3.63, 3.8) is 0 Å². The maximum atomic E-state index is 12.3. The first-order valence-electron chi connectivity index (χ1n) is 7.92. The van der Waals surface area contributed by atoms with Gasteiger partial charge in [-0.2, -0.15) is 5.10 Å². The van der Waals surface area contributed by atoms with Crippen LogP contribution in [0.2, 0.25) is 0 Å². The van der Waals surface area contributed by atoms with Gasteiger partial charge in [-0.25, -0.2) is 0 Å². The molecule has 0 aliphatic carbocycles. The third-order valence-electron chi connectivity index (χ3n) is 4.10. The molecular weight excluding hydrogens is 292 g/mol. The van der Waals surface area contributed by atoms with Gasteiger partial charge in [0.05, 0.1) is 24.9 Å². The van der Waals surface area contributed by atoms with E-state index < -0.39 is 0 Å². The second-order valence-electron chi connectivity index (χ2n) is 5.74. The van der Waals surface area contributed by atoms with Crippen LogP contribution in [-0.4, -0.2) is 35.9 Å². The van der Waals surface area contributed by atoms with Gasteiger partial charge in [0.25, 0.3) is 5.91 Å². The lowest BCUT2D eigenvalue weighted by molar-refractivity contribution is 0.0950. The van der Waals surface area contributed by atoms with Gasteiger partial charge >= 0.3 is 0 Å². The van der Waals surface area contributed by atoms with E-state index in [2.05, 4.69) is 15.7 Å². The second-order valence-corrected chi connectivity index (χ2v) is 5.74. The number of nitrogens with one attached hydrogen (secondary N) is 2. The number of hydrogen-bond donors (Lipinski definition) is 2. The molecule has 1 atom stereocenters. The number of aromatic nitrogens is 2. The average molecular weight is 314 g/mol. The molecule has 6 nitrogen and oxygen atoms in total. The molecule has 1 aromatic carbocycles. The van der Waals surface area contributed by atoms with Gasteiger partial charge in [0.15, 0.2) is 0 Å². The van der Waals surface area contributed by atoms with Crippen molar-refractivity contribution < 1.29 is 9.53 Å². The molecule has 1 amide bonds. The first-order chi connectivity index (χ1) is 11.3. The first-order valence-corrected chi connectivity index (χ1v) is 7.92. The zero-order chi connectivity index (χ0) is 16.1. The highest BCUT2D eigenvalue weighted by Gasteiger charge is 2.17. The summed E-state index contributed by atoms with van der Waals surface area (Å²) in [6.07, 6.45) is 5.70. The lowest BCUT2D eigenvalue weighted by atomic mass is 10.1. The number of hydrogen-bond acceptors (Lipinski definition) is 4. The Morgan fingerprint density at radius 1 is 1.52 bits per heavy atom. The molecule has 0 bridgehead atoms. The van der Waals surface area contributed by atoms with Crippen LogP contribution in [0.1, 0.15) is 34.8 Å². The van der Waals surface area contributed by atoms with Gasteiger partial charge < -0.3 is 15.4 Å². The number of piperidine rings is 1. The van der Waals surface area contributed by atoms with Gasteiger partial charge in [-0.15, -0.1) is 0 Å². The van der Waals surface area contributed by atoms with E-state index in [1.54, 1.807) is 13.3 Å². The highest BCUT2D eigenvalue weighted by molar-refractivity contribution is 5.93. The van der Waals surface area contributed by atoms with Crippen molar-refractivity contribution in [3.8, 4) is 5.75 Å². The van der Waals surface area contributed by atoms with Crippen LogP contribution in [0.15, 0.2) is 36.7 Å². The highest BCUT2D eigenvalue weighted by atomic mass is 16.5. The Balaban J connectivity index is 1.58. The molecule has 1 aliphatic heterocycles. The van der Waals surface area contributed by atoms with E-state index in [0.717, 1.165) is 37.2 Å². The van der Waals surface area contributed by atoms with Crippen LogP contribution >= 0.6 is 0 Å². The predicted molar refractivity (Wildman–Crippen MR) is 87.5 cm³/mol. The molecule has 1 unspecified atom stereocenters. The molecule has 2 aromatic rings. The molecule has 23 heavy (non-hydrogen) atoms. The molecule has 2 N–H and O–H groups in total. The van der Waals surface area contributed by atoms with Crippen LogP contribution in [0, 0.1) is 0 Å². The molecule has 6 heteroatoms. The van der Waals surface area contributed by atoms with E-state index in [0.29, 0.717) is 18.2 Å². The molecule has 2 heterocycles. The third-order valence-corrected chi connectivity index (χ3v) is 4.10. The van der Waals surface area contributed by atoms with Crippen molar-refractivity contribution in [1.29, 1.82) is 0 Å². The Bertz CT molecular complexity index is 662. The minimum atomic E-state index is -0.108. The first kappa shape index (κ1) is 15.6. The minimum absolute atomic E-state index is 0.108. The Labute approximate surface area is 135 Å². The predicted octanol–water partition coefficient (Wildman–Crippen LogP) is 1.75. The van der Waals surface area contributed by atoms with Crippen molar-refractivity contribution in [2.24, 2.45) is 0 Å². The van der Waals surface area contributed by atoms with Crippen LogP contribution in [0.5, 0.6) is 5.75 Å². The third kappa shape index (κ3) is 3.90. The van der Waals surface area contributed by atoms with E-state index >= 15 is 0 Å². The van der Waals surface area contributed by atoms with Gasteiger partial charge in [0.1, 0.15) is 5.75 Å². The van der Waals surface area contributed by atoms with Crippen molar-refractivity contribution in [2.45, 2.75) is 25.4 Å². The van der Waals surface area contributed by atoms with Crippen LogP contribution in [0.4, 0.5) is 0 Å². The normalized spacial score (nSPS) is 17.7. The van der Waals surface area contributed by atoms with Gasteiger partial charge in [-0.1, -0.05) is 12.1 Å². The zero-order valence-corrected chi connectivity index (χ0v) is 13.3. The summed E-state index contributed by atoms with van der Waals surface area (Å²) in [6, 6.07) is 8.00. The van der Waals surface area contributed by atoms with Crippen LogP contribution in [0.3, 0.4) is 0 Å². The topological polar surface area (TPSA) is 68.2 Å². The van der Waals surface area contributed by atoms with E-state index in [1.165, 1.54) is 0 Å². The molecule has 1 aliphatic rings. The SMILES string of the molecule is COc1cccc(CNC(=O)c2cnn(C3CCCNC3)c2)c1. The fourth-order valence-electron chi connectivity index (χ4n) is 2.78. The minimum Gasteiger partial charge on any atom is -0.497 e. The standard InChI is InChI=1S/C17H22N4O2/c1-23-16-6-2-4-13(8-16)9-19-17(22)14-10-20-21(12-14)15-5-3-7-18-11-15/h2,4,6,8,10,12,15,18H,3,5,7,9,11H2,1H3,(H,19,22). The largest absolute Gasteiger partial charge is 0.497 e. The molecule has 0 radical (unpaired) electrons. The summed E-state index contributed by atoms with van der Waals surface area (Å²) in [5.41, 5.74) is 1.60. The van der Waals surface area contributed by atoms with E-state index in [-0.39, 0.29) is 5.91 Å². The fraction of sp³-hybridized carbons (Fsp3) is 0.412. The number of carbonyl (C=O) groups excluding carboxylic acids is 1. The van der Waals surface area contributed by atoms with Gasteiger partial charge in [0, 0.05) is 19.3 Å². The Kier molecular flexibility index (Phi) is 4.92. The molecule has 0 spiro atoms. The van der Waals surface area contributed by atoms with Crippen LogP contribution in [-0.2, 0) is 6.54 Å². The van der Waals surface area contributed by atoms with Gasteiger partial charge in [-0.3, -0.25) is 9.48 Å². The summed E-state index contributed by atoms with van der Waals surface area (Å²) in [5, 5.41) is 10.6. The van der Waals surface area contributed by atoms with Crippen molar-refractivity contribution in [2.75, 3.05) is 20.2 Å². The Morgan fingerprint density at radius 2 is 2.43 bits per heavy atom. The maximum absolute atomic E-state index is 12.3. The van der Waals surface area contributed by atoms with Crippen molar-refractivity contribution in [3.05, 3.63) is 47.8 Å². The number of nitrogens with zero attached hydrogens (tertiary/aromatic N) is 2. The molecule has 3 rings (SSSR count). The molecule has 1 aromatic heterocycles. The molecule has 1 saturated heterocycles. The van der Waals surface area contributed by atoms with E-state index in [4.69, 9.17) is 4.74 Å². The van der Waals surface area contributed by atoms with E-state index in [9.17, 15) is 4.79 Å². The maximum Gasteiger partial charge on any atom is 0.254 e. The number of carbonyl (C=O) groups is 1. The summed E-state index contributed by atoms with van der Waals surface area (Å²) in [5.74, 6) is 0.678. The van der Waals surface area contributed by atoms with Crippen LogP contribution < -0.4 is 15.4 Å². The quantitative estimate of drug-likeness (QED) is 0.882. The monoisotopic (exact) mass is 314 g/mol. The molecule has 122 valence electrons. The lowest BCUT2D eigenvalue weighted by Gasteiger charge is -2.22. The van der Waals surface area contributed by atoms with Gasteiger partial charge in [0.2, 0.25) is 0 Å². The highest BCUT2D eigenvalue weighted by Crippen LogP contribution is 2.16. The molecule has 1 fully saturated rings. The average Bonchev–Trinajstić information content (AvgIpc) is 3.11. The second kappa shape index (κ2) is 7.28. The number of rotatable bonds is 5. The lowest BCUT2D eigenvalue weighted by Crippen LogP contribution is -2.31. The summed E-state index contributed by atoms with van der Waals surface area (Å²) in [6.45, 7) is 2.43. The summed E-state index contributed by atoms with van der Waals surface area (Å²) >= 11 is 0. The summed E-state index contributed by atoms with van der Waals surface area (Å²) in [4.78, 5) is 12.3. The van der Waals surface area contributed by atoms with Gasteiger partial charge in [-0.05, 0) is 37.1 Å². The molecular formula is C17H22N4O2. The number of amides is 1. The zero-order valence-electron chi connectivity index (χ0n) is 13.3. The smallest absolute Gasteiger partial charge is 0.254 e. The summed E-state index contributed by atoms with van der Waals surface area (Å²) < 4.78 is 7.08. The van der Waals surface area contributed by atoms with Crippen molar-refractivity contribution in [1.82, 2.24) is 20.4 Å². The Hall–Kier alpha value is -2.34. The number of methoxy groups -OCH3 is 1. The van der Waals surface area contributed by atoms with Crippen LogP contribution in [0.25, 0.3) is 0 Å². The Morgan fingerprint density at radius 3 is 3.22 bits per heavy atom. The number of ether oxygens (including phenoxy) is 1.